The number of hydrogen-bond acceptors (Lipinski definition) is 3. The van der Waals surface area contributed by atoms with Crippen LogP contribution in [0.5, 0.6) is 0 Å². The number of nitrogens with zero attached hydrogens (tertiary/aromatic N) is 1. The summed E-state index contributed by atoms with van der Waals surface area (Å²) in [6, 6.07) is 0.507. The maximum atomic E-state index is 9.20. The Morgan fingerprint density at radius 2 is 1.94 bits per heavy atom. The highest BCUT2D eigenvalue weighted by Gasteiger charge is 2.38. The zero-order valence-electron chi connectivity index (χ0n) is 10.7. The van der Waals surface area contributed by atoms with E-state index in [1.807, 2.05) is 6.92 Å². The number of nitrogens with two attached hydrogens (primary N) is 1. The Hall–Kier alpha value is -0.120. The Balaban J connectivity index is 1.85. The Morgan fingerprint density at radius 1 is 1.38 bits per heavy atom. The monoisotopic (exact) mass is 226 g/mol. The van der Waals surface area contributed by atoms with Gasteiger partial charge in [-0.3, -0.25) is 0 Å². The van der Waals surface area contributed by atoms with E-state index < -0.39 is 5.54 Å². The third kappa shape index (κ3) is 2.58. The fraction of sp³-hybridized carbons (Fsp3) is 1.00. The van der Waals surface area contributed by atoms with Gasteiger partial charge in [0.2, 0.25) is 0 Å². The molecule has 0 amide bonds. The van der Waals surface area contributed by atoms with Crippen molar-refractivity contribution in [1.82, 2.24) is 4.90 Å². The van der Waals surface area contributed by atoms with Crippen molar-refractivity contribution in [1.29, 1.82) is 0 Å². The minimum absolute atomic E-state index is 0.0814. The van der Waals surface area contributed by atoms with E-state index in [4.69, 9.17) is 5.73 Å². The van der Waals surface area contributed by atoms with Gasteiger partial charge in [0.1, 0.15) is 0 Å². The molecular weight excluding hydrogens is 200 g/mol. The van der Waals surface area contributed by atoms with E-state index in [2.05, 4.69) is 11.8 Å². The summed E-state index contributed by atoms with van der Waals surface area (Å²) in [5.74, 6) is 1.89. The molecule has 4 unspecified atom stereocenters. The minimum atomic E-state index is -0.420. The van der Waals surface area contributed by atoms with Crippen LogP contribution in [-0.4, -0.2) is 41.3 Å². The second-order valence-corrected chi connectivity index (χ2v) is 6.27. The molecule has 2 rings (SSSR count). The summed E-state index contributed by atoms with van der Waals surface area (Å²) in [6.07, 6.45) is 5.17. The summed E-state index contributed by atoms with van der Waals surface area (Å²) < 4.78 is 0. The lowest BCUT2D eigenvalue weighted by Gasteiger charge is -2.32. The molecule has 0 bridgehead atoms. The van der Waals surface area contributed by atoms with Crippen molar-refractivity contribution < 1.29 is 5.11 Å². The number of fused-ring (bicyclic) bond motifs is 1. The Labute approximate surface area is 99.0 Å². The zero-order chi connectivity index (χ0) is 11.8. The molecule has 3 nitrogen and oxygen atoms in total. The van der Waals surface area contributed by atoms with Crippen LogP contribution in [0.4, 0.5) is 0 Å². The van der Waals surface area contributed by atoms with Crippen LogP contribution in [0.3, 0.4) is 0 Å². The maximum Gasteiger partial charge on any atom is 0.0609 e. The van der Waals surface area contributed by atoms with Gasteiger partial charge in [0, 0.05) is 24.7 Å². The summed E-state index contributed by atoms with van der Waals surface area (Å²) in [4.78, 5) is 2.58. The summed E-state index contributed by atoms with van der Waals surface area (Å²) >= 11 is 0. The van der Waals surface area contributed by atoms with Gasteiger partial charge < -0.3 is 15.7 Å². The van der Waals surface area contributed by atoms with Crippen molar-refractivity contribution in [2.75, 3.05) is 19.7 Å². The van der Waals surface area contributed by atoms with E-state index in [0.717, 1.165) is 18.3 Å². The molecule has 1 saturated carbocycles. The van der Waals surface area contributed by atoms with Crippen molar-refractivity contribution >= 4 is 0 Å². The van der Waals surface area contributed by atoms with Gasteiger partial charge in [-0.25, -0.2) is 0 Å². The molecule has 0 aromatic heterocycles. The number of likely N-dealkylation sites (tertiary alicyclic amines) is 1. The van der Waals surface area contributed by atoms with Crippen LogP contribution in [0, 0.1) is 11.8 Å². The van der Waals surface area contributed by atoms with Crippen LogP contribution in [0.1, 0.15) is 39.5 Å². The predicted molar refractivity (Wildman–Crippen MR) is 66.2 cm³/mol. The van der Waals surface area contributed by atoms with E-state index >= 15 is 0 Å². The SMILES string of the molecule is CC(CC(C)(N)CO)N1CC2CCCC2C1. The molecule has 1 heterocycles. The maximum absolute atomic E-state index is 9.20. The van der Waals surface area contributed by atoms with Crippen molar-refractivity contribution in [3.63, 3.8) is 0 Å². The number of aliphatic hydroxyl groups excluding tert-OH is 1. The third-order valence-corrected chi connectivity index (χ3v) is 4.50. The molecule has 2 aliphatic rings. The first-order chi connectivity index (χ1) is 7.52. The summed E-state index contributed by atoms with van der Waals surface area (Å²) in [7, 11) is 0. The van der Waals surface area contributed by atoms with E-state index in [0.29, 0.717) is 6.04 Å². The van der Waals surface area contributed by atoms with Gasteiger partial charge >= 0.3 is 0 Å². The summed E-state index contributed by atoms with van der Waals surface area (Å²) in [5, 5.41) is 9.20. The van der Waals surface area contributed by atoms with Crippen LogP contribution in [0.25, 0.3) is 0 Å². The van der Waals surface area contributed by atoms with E-state index in [-0.39, 0.29) is 6.61 Å². The molecule has 0 radical (unpaired) electrons. The van der Waals surface area contributed by atoms with Gasteiger partial charge in [0.15, 0.2) is 0 Å². The van der Waals surface area contributed by atoms with Gasteiger partial charge in [0.25, 0.3) is 0 Å². The quantitative estimate of drug-likeness (QED) is 0.757. The highest BCUT2D eigenvalue weighted by atomic mass is 16.3. The van der Waals surface area contributed by atoms with Crippen molar-refractivity contribution in [3.05, 3.63) is 0 Å². The second-order valence-electron chi connectivity index (χ2n) is 6.27. The molecule has 0 aromatic rings. The average Bonchev–Trinajstić information content (AvgIpc) is 2.75. The van der Waals surface area contributed by atoms with E-state index in [1.54, 1.807) is 0 Å². The highest BCUT2D eigenvalue weighted by molar-refractivity contribution is 4.92. The fourth-order valence-corrected chi connectivity index (χ4v) is 3.50. The molecule has 3 heteroatoms. The Bertz CT molecular complexity index is 230. The van der Waals surface area contributed by atoms with Crippen LogP contribution >= 0.6 is 0 Å². The molecular formula is C13H26N2O. The minimum Gasteiger partial charge on any atom is -0.394 e. The van der Waals surface area contributed by atoms with Gasteiger partial charge in [-0.1, -0.05) is 6.42 Å². The molecule has 0 spiro atoms. The lowest BCUT2D eigenvalue weighted by molar-refractivity contribution is 0.147. The molecule has 3 N–H and O–H groups in total. The van der Waals surface area contributed by atoms with Gasteiger partial charge in [0.05, 0.1) is 6.61 Å². The molecule has 1 aliphatic heterocycles. The summed E-state index contributed by atoms with van der Waals surface area (Å²) in [5.41, 5.74) is 5.60. The first-order valence-electron chi connectivity index (χ1n) is 6.65. The molecule has 16 heavy (non-hydrogen) atoms. The largest absolute Gasteiger partial charge is 0.394 e. The molecule has 2 fully saturated rings. The van der Waals surface area contributed by atoms with Crippen LogP contribution < -0.4 is 5.73 Å². The molecule has 1 aliphatic carbocycles. The number of aliphatic hydroxyl groups is 1. The van der Waals surface area contributed by atoms with Crippen LogP contribution in [0.2, 0.25) is 0 Å². The first-order valence-corrected chi connectivity index (χ1v) is 6.65. The third-order valence-electron chi connectivity index (χ3n) is 4.50. The smallest absolute Gasteiger partial charge is 0.0609 e. The molecule has 4 atom stereocenters. The fourth-order valence-electron chi connectivity index (χ4n) is 3.50. The Kier molecular flexibility index (Phi) is 3.57. The first kappa shape index (κ1) is 12.3. The topological polar surface area (TPSA) is 49.5 Å². The lowest BCUT2D eigenvalue weighted by atomic mass is 9.95. The standard InChI is InChI=1S/C13H26N2O/c1-10(6-13(2,14)9-16)15-7-11-4-3-5-12(11)8-15/h10-12,16H,3-9,14H2,1-2H3. The van der Waals surface area contributed by atoms with Gasteiger partial charge in [-0.05, 0) is 44.9 Å². The highest BCUT2D eigenvalue weighted by Crippen LogP contribution is 2.38. The van der Waals surface area contributed by atoms with Gasteiger partial charge in [-0.15, -0.1) is 0 Å². The summed E-state index contributed by atoms with van der Waals surface area (Å²) in [6.45, 7) is 6.79. The number of rotatable bonds is 4. The second kappa shape index (κ2) is 4.63. The molecule has 94 valence electrons. The van der Waals surface area contributed by atoms with E-state index in [9.17, 15) is 5.11 Å². The van der Waals surface area contributed by atoms with E-state index in [1.165, 1.54) is 32.4 Å². The zero-order valence-corrected chi connectivity index (χ0v) is 10.7. The van der Waals surface area contributed by atoms with Crippen molar-refractivity contribution in [2.45, 2.75) is 51.1 Å². The van der Waals surface area contributed by atoms with Crippen LogP contribution in [0.15, 0.2) is 0 Å². The van der Waals surface area contributed by atoms with Crippen LogP contribution in [-0.2, 0) is 0 Å². The molecule has 0 aromatic carbocycles. The molecule has 1 saturated heterocycles. The normalized spacial score (nSPS) is 36.0. The van der Waals surface area contributed by atoms with Crippen molar-refractivity contribution in [3.8, 4) is 0 Å². The predicted octanol–water partition coefficient (Wildman–Crippen LogP) is 1.21. The van der Waals surface area contributed by atoms with Crippen molar-refractivity contribution in [2.24, 2.45) is 17.6 Å². The lowest BCUT2D eigenvalue weighted by Crippen LogP contribution is -2.46. The van der Waals surface area contributed by atoms with Gasteiger partial charge in [-0.2, -0.15) is 0 Å². The number of hydrogen-bond donors (Lipinski definition) is 2. The Morgan fingerprint density at radius 3 is 2.44 bits per heavy atom. The average molecular weight is 226 g/mol.